The molecule has 0 atom stereocenters. The lowest BCUT2D eigenvalue weighted by molar-refractivity contribution is 0.308. The molecule has 0 radical (unpaired) electrons. The molecule has 0 saturated heterocycles. The number of nitrogens with zero attached hydrogens (tertiary/aromatic N) is 1. The minimum Gasteiger partial charge on any atom is -0.495 e. The highest BCUT2D eigenvalue weighted by atomic mass is 16.5. The van der Waals surface area contributed by atoms with Crippen LogP contribution in [0.15, 0.2) is 53.5 Å². The summed E-state index contributed by atoms with van der Waals surface area (Å²) in [5.74, 6) is 2.03. The Balaban J connectivity index is 1.67. The van der Waals surface area contributed by atoms with Gasteiger partial charge in [0.05, 0.1) is 19.4 Å². The van der Waals surface area contributed by atoms with E-state index in [9.17, 15) is 0 Å². The van der Waals surface area contributed by atoms with Crippen LogP contribution in [0.2, 0.25) is 0 Å². The van der Waals surface area contributed by atoms with Gasteiger partial charge in [-0.3, -0.25) is 4.99 Å². The summed E-state index contributed by atoms with van der Waals surface area (Å²) in [7, 11) is 1.63. The topological polar surface area (TPSA) is 68.9 Å². The number of hydrogen-bond acceptors (Lipinski definition) is 3. The van der Waals surface area contributed by atoms with Gasteiger partial charge in [-0.05, 0) is 44.0 Å². The van der Waals surface area contributed by atoms with Crippen molar-refractivity contribution >= 4 is 11.6 Å². The maximum Gasteiger partial charge on any atom is 0.193 e. The minimum absolute atomic E-state index is 0.388. The third kappa shape index (κ3) is 5.83. The van der Waals surface area contributed by atoms with Crippen molar-refractivity contribution in [2.24, 2.45) is 10.7 Å². The molecular weight excluding hydrogens is 302 g/mol. The fourth-order valence-electron chi connectivity index (χ4n) is 2.16. The van der Waals surface area contributed by atoms with E-state index >= 15 is 0 Å². The number of aryl methyl sites for hydroxylation is 1. The molecule has 2 rings (SSSR count). The van der Waals surface area contributed by atoms with E-state index in [0.717, 1.165) is 30.0 Å². The van der Waals surface area contributed by atoms with Crippen molar-refractivity contribution in [3.05, 3.63) is 54.1 Å². The molecule has 0 spiro atoms. The Hall–Kier alpha value is -2.69. The Morgan fingerprint density at radius 3 is 2.58 bits per heavy atom. The zero-order valence-corrected chi connectivity index (χ0v) is 14.3. The Morgan fingerprint density at radius 1 is 1.08 bits per heavy atom. The number of benzene rings is 2. The van der Waals surface area contributed by atoms with Crippen LogP contribution < -0.4 is 20.5 Å². The summed E-state index contributed by atoms with van der Waals surface area (Å²) < 4.78 is 10.9. The predicted molar refractivity (Wildman–Crippen MR) is 99.0 cm³/mol. The molecule has 0 aromatic heterocycles. The standard InChI is InChI=1S/C19H25N3O2/c1-15-9-11-16(12-10-15)24-14-6-5-13-21-19(20)22-17-7-3-4-8-18(17)23-2/h3-4,7-12H,5-6,13-14H2,1-2H3,(H3,20,21,22). The number of ether oxygens (including phenoxy) is 2. The summed E-state index contributed by atoms with van der Waals surface area (Å²) in [5.41, 5.74) is 7.94. The van der Waals surface area contributed by atoms with Gasteiger partial charge in [0.1, 0.15) is 11.5 Å². The molecule has 24 heavy (non-hydrogen) atoms. The van der Waals surface area contributed by atoms with E-state index in [1.807, 2.05) is 48.5 Å². The molecule has 5 nitrogen and oxygen atoms in total. The van der Waals surface area contributed by atoms with Crippen LogP contribution in [0, 0.1) is 6.92 Å². The number of nitrogens with one attached hydrogen (secondary N) is 1. The van der Waals surface area contributed by atoms with Gasteiger partial charge in [-0.15, -0.1) is 0 Å². The highest BCUT2D eigenvalue weighted by Crippen LogP contribution is 2.22. The molecule has 0 bridgehead atoms. The van der Waals surface area contributed by atoms with Gasteiger partial charge in [-0.2, -0.15) is 0 Å². The first kappa shape index (κ1) is 17.7. The number of hydrogen-bond donors (Lipinski definition) is 2. The zero-order chi connectivity index (χ0) is 17.2. The van der Waals surface area contributed by atoms with E-state index in [1.165, 1.54) is 5.56 Å². The highest BCUT2D eigenvalue weighted by Gasteiger charge is 2.02. The SMILES string of the molecule is COc1ccccc1NC(N)=NCCCCOc1ccc(C)cc1. The molecule has 0 unspecified atom stereocenters. The monoisotopic (exact) mass is 327 g/mol. The summed E-state index contributed by atoms with van der Waals surface area (Å²) in [6, 6.07) is 15.7. The number of methoxy groups -OCH3 is 1. The number of anilines is 1. The Morgan fingerprint density at radius 2 is 1.83 bits per heavy atom. The van der Waals surface area contributed by atoms with Gasteiger partial charge in [0, 0.05) is 6.54 Å². The number of nitrogens with two attached hydrogens (primary N) is 1. The molecule has 0 fully saturated rings. The van der Waals surface area contributed by atoms with Gasteiger partial charge in [0.15, 0.2) is 5.96 Å². The summed E-state index contributed by atoms with van der Waals surface area (Å²) in [6.07, 6.45) is 1.85. The molecule has 3 N–H and O–H groups in total. The van der Waals surface area contributed by atoms with E-state index in [2.05, 4.69) is 17.2 Å². The second kappa shape index (κ2) is 9.45. The Bertz CT molecular complexity index is 654. The number of guanidine groups is 1. The molecule has 0 amide bonds. The largest absolute Gasteiger partial charge is 0.495 e. The summed E-state index contributed by atoms with van der Waals surface area (Å²) >= 11 is 0. The lowest BCUT2D eigenvalue weighted by atomic mass is 10.2. The molecule has 2 aromatic rings. The molecule has 128 valence electrons. The van der Waals surface area contributed by atoms with Gasteiger partial charge in [-0.1, -0.05) is 29.8 Å². The van der Waals surface area contributed by atoms with Gasteiger partial charge >= 0.3 is 0 Å². The van der Waals surface area contributed by atoms with E-state index in [4.69, 9.17) is 15.2 Å². The average Bonchev–Trinajstić information content (AvgIpc) is 2.60. The van der Waals surface area contributed by atoms with Crippen molar-refractivity contribution in [2.45, 2.75) is 19.8 Å². The first-order valence-electron chi connectivity index (χ1n) is 8.08. The molecule has 0 aliphatic carbocycles. The lowest BCUT2D eigenvalue weighted by Gasteiger charge is -2.10. The van der Waals surface area contributed by atoms with Crippen LogP contribution in [-0.2, 0) is 0 Å². The average molecular weight is 327 g/mol. The summed E-state index contributed by atoms with van der Waals surface area (Å²) in [4.78, 5) is 4.32. The minimum atomic E-state index is 0.388. The fraction of sp³-hybridized carbons (Fsp3) is 0.316. The van der Waals surface area contributed by atoms with Crippen molar-refractivity contribution in [3.63, 3.8) is 0 Å². The molecular formula is C19H25N3O2. The smallest absolute Gasteiger partial charge is 0.193 e. The van der Waals surface area contributed by atoms with Crippen LogP contribution in [0.4, 0.5) is 5.69 Å². The Kier molecular flexibility index (Phi) is 6.95. The predicted octanol–water partition coefficient (Wildman–Crippen LogP) is 3.59. The second-order valence-corrected chi connectivity index (χ2v) is 5.46. The Labute approximate surface area is 143 Å². The highest BCUT2D eigenvalue weighted by molar-refractivity contribution is 5.93. The van der Waals surface area contributed by atoms with E-state index in [1.54, 1.807) is 7.11 Å². The van der Waals surface area contributed by atoms with E-state index in [0.29, 0.717) is 19.1 Å². The van der Waals surface area contributed by atoms with Gasteiger partial charge < -0.3 is 20.5 Å². The normalized spacial score (nSPS) is 11.2. The van der Waals surface area contributed by atoms with Gasteiger partial charge in [-0.25, -0.2) is 0 Å². The van der Waals surface area contributed by atoms with Crippen molar-refractivity contribution in [1.82, 2.24) is 0 Å². The van der Waals surface area contributed by atoms with Gasteiger partial charge in [0.2, 0.25) is 0 Å². The van der Waals surface area contributed by atoms with Crippen LogP contribution >= 0.6 is 0 Å². The van der Waals surface area contributed by atoms with Crippen molar-refractivity contribution in [1.29, 1.82) is 0 Å². The molecule has 0 aliphatic heterocycles. The van der Waals surface area contributed by atoms with Crippen LogP contribution in [0.5, 0.6) is 11.5 Å². The third-order valence-corrected chi connectivity index (χ3v) is 3.49. The summed E-state index contributed by atoms with van der Waals surface area (Å²) in [6.45, 7) is 3.40. The maximum absolute atomic E-state index is 5.90. The molecule has 0 saturated carbocycles. The number of aliphatic imine (C=N–C) groups is 1. The zero-order valence-electron chi connectivity index (χ0n) is 14.3. The van der Waals surface area contributed by atoms with Crippen LogP contribution in [0.25, 0.3) is 0 Å². The van der Waals surface area contributed by atoms with Crippen molar-refractivity contribution < 1.29 is 9.47 Å². The molecule has 5 heteroatoms. The lowest BCUT2D eigenvalue weighted by Crippen LogP contribution is -2.23. The van der Waals surface area contributed by atoms with Crippen LogP contribution in [0.1, 0.15) is 18.4 Å². The quantitative estimate of drug-likeness (QED) is 0.442. The van der Waals surface area contributed by atoms with Crippen molar-refractivity contribution in [2.75, 3.05) is 25.6 Å². The molecule has 0 aliphatic rings. The first-order chi connectivity index (χ1) is 11.7. The van der Waals surface area contributed by atoms with Crippen molar-refractivity contribution in [3.8, 4) is 11.5 Å². The maximum atomic E-state index is 5.90. The fourth-order valence-corrected chi connectivity index (χ4v) is 2.16. The van der Waals surface area contributed by atoms with Crippen LogP contribution in [0.3, 0.4) is 0 Å². The van der Waals surface area contributed by atoms with E-state index in [-0.39, 0.29) is 0 Å². The first-order valence-corrected chi connectivity index (χ1v) is 8.08. The van der Waals surface area contributed by atoms with Gasteiger partial charge in [0.25, 0.3) is 0 Å². The number of para-hydroxylation sites is 2. The number of unbranched alkanes of at least 4 members (excludes halogenated alkanes) is 1. The second-order valence-electron chi connectivity index (χ2n) is 5.46. The third-order valence-electron chi connectivity index (χ3n) is 3.49. The van der Waals surface area contributed by atoms with Crippen LogP contribution in [-0.4, -0.2) is 26.2 Å². The van der Waals surface area contributed by atoms with E-state index < -0.39 is 0 Å². The summed E-state index contributed by atoms with van der Waals surface area (Å²) in [5, 5.41) is 3.05. The molecule has 0 heterocycles. The molecule has 2 aromatic carbocycles. The number of rotatable bonds is 8.